The van der Waals surface area contributed by atoms with Crippen molar-refractivity contribution in [3.63, 3.8) is 0 Å². The molecular formula is C15H23N3O3S. The van der Waals surface area contributed by atoms with Gasteiger partial charge in [0.25, 0.3) is 0 Å². The molecule has 0 aliphatic carbocycles. The summed E-state index contributed by atoms with van der Waals surface area (Å²) in [4.78, 5) is 16.1. The van der Waals surface area contributed by atoms with Gasteiger partial charge in [-0.05, 0) is 24.6 Å². The third-order valence-corrected chi connectivity index (χ3v) is 4.43. The highest BCUT2D eigenvalue weighted by molar-refractivity contribution is 7.88. The van der Waals surface area contributed by atoms with Crippen molar-refractivity contribution in [2.75, 3.05) is 43.9 Å². The molecule has 1 aliphatic heterocycles. The van der Waals surface area contributed by atoms with Crippen molar-refractivity contribution in [2.24, 2.45) is 0 Å². The molecule has 0 saturated carbocycles. The van der Waals surface area contributed by atoms with E-state index in [1.807, 2.05) is 6.07 Å². The second kappa shape index (κ2) is 7.11. The minimum atomic E-state index is -3.23. The van der Waals surface area contributed by atoms with Crippen LogP contribution in [0.5, 0.6) is 0 Å². The molecule has 6 nitrogen and oxygen atoms in total. The Hall–Kier alpha value is -1.60. The van der Waals surface area contributed by atoms with Crippen LogP contribution in [0.3, 0.4) is 0 Å². The van der Waals surface area contributed by atoms with Gasteiger partial charge in [0.2, 0.25) is 15.9 Å². The third-order valence-electron chi connectivity index (χ3n) is 3.70. The normalized spacial score (nSPS) is 15.9. The number of benzene rings is 1. The smallest absolute Gasteiger partial charge is 0.224 e. The maximum atomic E-state index is 12.1. The lowest BCUT2D eigenvalue weighted by atomic mass is 10.2. The monoisotopic (exact) mass is 325 g/mol. The van der Waals surface area contributed by atoms with Crippen LogP contribution in [0.4, 0.5) is 5.69 Å². The van der Waals surface area contributed by atoms with Crippen LogP contribution >= 0.6 is 0 Å². The summed E-state index contributed by atoms with van der Waals surface area (Å²) in [5, 5.41) is 0. The lowest BCUT2D eigenvalue weighted by Gasteiger charge is -2.36. The summed E-state index contributed by atoms with van der Waals surface area (Å²) >= 11 is 0. The van der Waals surface area contributed by atoms with Crippen molar-refractivity contribution in [3.8, 4) is 0 Å². The number of hydrogen-bond acceptors (Lipinski definition) is 4. The first-order valence-electron chi connectivity index (χ1n) is 7.39. The molecule has 1 saturated heterocycles. The average Bonchev–Trinajstić information content (AvgIpc) is 2.46. The highest BCUT2D eigenvalue weighted by Gasteiger charge is 2.21. The van der Waals surface area contributed by atoms with Gasteiger partial charge in [-0.15, -0.1) is 0 Å². The number of carbonyl (C=O) groups is 1. The van der Waals surface area contributed by atoms with Gasteiger partial charge in [-0.3, -0.25) is 4.79 Å². The zero-order valence-electron chi connectivity index (χ0n) is 13.1. The van der Waals surface area contributed by atoms with Crippen LogP contribution in [0.2, 0.25) is 0 Å². The molecule has 0 aromatic heterocycles. The quantitative estimate of drug-likeness (QED) is 0.860. The molecule has 1 fully saturated rings. The Bertz CT molecular complexity index is 623. The highest BCUT2D eigenvalue weighted by Crippen LogP contribution is 2.17. The highest BCUT2D eigenvalue weighted by atomic mass is 32.2. The van der Waals surface area contributed by atoms with Gasteiger partial charge in [0.1, 0.15) is 0 Å². The topological polar surface area (TPSA) is 69.7 Å². The van der Waals surface area contributed by atoms with Gasteiger partial charge in [0.05, 0.1) is 6.26 Å². The van der Waals surface area contributed by atoms with Crippen LogP contribution in [0.1, 0.15) is 12.0 Å². The maximum Gasteiger partial charge on any atom is 0.224 e. The molecule has 7 heteroatoms. The van der Waals surface area contributed by atoms with E-state index in [1.165, 1.54) is 11.3 Å². The van der Waals surface area contributed by atoms with E-state index < -0.39 is 10.0 Å². The Kier molecular flexibility index (Phi) is 5.42. The zero-order valence-corrected chi connectivity index (χ0v) is 13.9. The number of nitrogens with zero attached hydrogens (tertiary/aromatic N) is 2. The summed E-state index contributed by atoms with van der Waals surface area (Å²) in [5.74, 6) is 0.0000391. The Labute approximate surface area is 132 Å². The SMILES string of the molecule is Cc1cccc(N2CCN(C(=O)CCNS(C)(=O)=O)CC2)c1. The summed E-state index contributed by atoms with van der Waals surface area (Å²) in [7, 11) is -3.23. The Balaban J connectivity index is 1.80. The molecule has 1 aliphatic rings. The average molecular weight is 325 g/mol. The van der Waals surface area contributed by atoms with Gasteiger partial charge in [-0.2, -0.15) is 0 Å². The molecule has 0 spiro atoms. The molecule has 22 heavy (non-hydrogen) atoms. The van der Waals surface area contributed by atoms with E-state index in [9.17, 15) is 13.2 Å². The first kappa shape index (κ1) is 16.8. The number of rotatable bonds is 5. The maximum absolute atomic E-state index is 12.1. The van der Waals surface area contributed by atoms with Gasteiger partial charge in [-0.25, -0.2) is 13.1 Å². The molecule has 0 atom stereocenters. The molecule has 1 aromatic carbocycles. The van der Waals surface area contributed by atoms with Crippen molar-refractivity contribution in [1.82, 2.24) is 9.62 Å². The standard InChI is InChI=1S/C15H23N3O3S/c1-13-4-3-5-14(12-13)17-8-10-18(11-9-17)15(19)6-7-16-22(2,20)21/h3-5,12,16H,6-11H2,1-2H3. The van der Waals surface area contributed by atoms with Crippen LogP contribution in [-0.4, -0.2) is 58.2 Å². The number of amides is 1. The van der Waals surface area contributed by atoms with Crippen LogP contribution in [0, 0.1) is 6.92 Å². The summed E-state index contributed by atoms with van der Waals surface area (Å²) in [6.07, 6.45) is 1.30. The van der Waals surface area contributed by atoms with Crippen molar-refractivity contribution in [3.05, 3.63) is 29.8 Å². The summed E-state index contributed by atoms with van der Waals surface area (Å²) < 4.78 is 24.3. The fourth-order valence-electron chi connectivity index (χ4n) is 2.54. The molecule has 122 valence electrons. The second-order valence-electron chi connectivity index (χ2n) is 5.62. The minimum absolute atomic E-state index is 0.0000391. The summed E-state index contributed by atoms with van der Waals surface area (Å²) in [6.45, 7) is 5.18. The lowest BCUT2D eigenvalue weighted by Crippen LogP contribution is -2.49. The van der Waals surface area contributed by atoms with Crippen LogP contribution < -0.4 is 9.62 Å². The van der Waals surface area contributed by atoms with E-state index in [0.717, 1.165) is 19.3 Å². The zero-order chi connectivity index (χ0) is 16.2. The first-order chi connectivity index (χ1) is 10.3. The van der Waals surface area contributed by atoms with Crippen LogP contribution in [0.15, 0.2) is 24.3 Å². The first-order valence-corrected chi connectivity index (χ1v) is 9.28. The Morgan fingerprint density at radius 3 is 2.50 bits per heavy atom. The number of hydrogen-bond donors (Lipinski definition) is 1. The van der Waals surface area contributed by atoms with Crippen molar-refractivity contribution >= 4 is 21.6 Å². The van der Waals surface area contributed by atoms with Crippen LogP contribution in [0.25, 0.3) is 0 Å². The molecule has 1 heterocycles. The fourth-order valence-corrected chi connectivity index (χ4v) is 3.01. The number of anilines is 1. The predicted molar refractivity (Wildman–Crippen MR) is 87.4 cm³/mol. The minimum Gasteiger partial charge on any atom is -0.368 e. The molecule has 0 unspecified atom stereocenters. The summed E-state index contributed by atoms with van der Waals surface area (Å²) in [5.41, 5.74) is 2.41. The number of nitrogens with one attached hydrogen (secondary N) is 1. The number of sulfonamides is 1. The van der Waals surface area contributed by atoms with E-state index in [4.69, 9.17) is 0 Å². The summed E-state index contributed by atoms with van der Waals surface area (Å²) in [6, 6.07) is 8.34. The lowest BCUT2D eigenvalue weighted by molar-refractivity contribution is -0.131. The van der Waals surface area contributed by atoms with Gasteiger partial charge in [0, 0.05) is 44.8 Å². The largest absolute Gasteiger partial charge is 0.368 e. The molecule has 1 amide bonds. The van der Waals surface area contributed by atoms with E-state index in [-0.39, 0.29) is 18.9 Å². The number of piperazine rings is 1. The third kappa shape index (κ3) is 4.99. The molecule has 1 aromatic rings. The molecule has 0 bridgehead atoms. The molecule has 1 N–H and O–H groups in total. The van der Waals surface area contributed by atoms with Crippen molar-refractivity contribution in [2.45, 2.75) is 13.3 Å². The fraction of sp³-hybridized carbons (Fsp3) is 0.533. The molecule has 2 rings (SSSR count). The number of aryl methyl sites for hydroxylation is 1. The van der Waals surface area contributed by atoms with E-state index in [2.05, 4.69) is 34.7 Å². The molecular weight excluding hydrogens is 302 g/mol. The Morgan fingerprint density at radius 2 is 1.91 bits per heavy atom. The van der Waals surface area contributed by atoms with Crippen molar-refractivity contribution in [1.29, 1.82) is 0 Å². The number of carbonyl (C=O) groups excluding carboxylic acids is 1. The van der Waals surface area contributed by atoms with E-state index in [1.54, 1.807) is 4.90 Å². The molecule has 0 radical (unpaired) electrons. The van der Waals surface area contributed by atoms with Gasteiger partial charge in [0.15, 0.2) is 0 Å². The van der Waals surface area contributed by atoms with Gasteiger partial charge < -0.3 is 9.80 Å². The van der Waals surface area contributed by atoms with Gasteiger partial charge in [-0.1, -0.05) is 12.1 Å². The van der Waals surface area contributed by atoms with Crippen molar-refractivity contribution < 1.29 is 13.2 Å². The van der Waals surface area contributed by atoms with E-state index in [0.29, 0.717) is 13.1 Å². The van der Waals surface area contributed by atoms with Gasteiger partial charge >= 0.3 is 0 Å². The second-order valence-corrected chi connectivity index (χ2v) is 7.46. The van der Waals surface area contributed by atoms with Crippen LogP contribution in [-0.2, 0) is 14.8 Å². The Morgan fingerprint density at radius 1 is 1.23 bits per heavy atom. The predicted octanol–water partition coefficient (Wildman–Crippen LogP) is 0.583. The van der Waals surface area contributed by atoms with E-state index >= 15 is 0 Å².